The molecule has 0 saturated heterocycles. The predicted molar refractivity (Wildman–Crippen MR) is 147 cm³/mol. The van der Waals surface area contributed by atoms with Crippen LogP contribution in [0.4, 0.5) is 11.4 Å². The third-order valence-electron chi connectivity index (χ3n) is 5.20. The third-order valence-corrected chi connectivity index (χ3v) is 6.94. The van der Waals surface area contributed by atoms with E-state index in [-0.39, 0.29) is 9.79 Å². The number of ether oxygens (including phenoxy) is 1. The molecule has 9 nitrogen and oxygen atoms in total. The fraction of sp³-hybridized carbons (Fsp3) is 0.308. The van der Waals surface area contributed by atoms with Crippen LogP contribution in [0.5, 0.6) is 0 Å². The minimum atomic E-state index is -4.02. The maximum atomic E-state index is 10.5. The largest absolute Gasteiger partial charge is 0.399 e. The van der Waals surface area contributed by atoms with Crippen molar-refractivity contribution in [2.45, 2.75) is 37.5 Å². The van der Waals surface area contributed by atoms with Crippen LogP contribution in [-0.2, 0) is 25.0 Å². The maximum absolute atomic E-state index is 10.5. The summed E-state index contributed by atoms with van der Waals surface area (Å²) in [5.41, 5.74) is 10.9. The molecular formula is C26H36N2O7S2. The minimum Gasteiger partial charge on any atom is -0.399 e. The van der Waals surface area contributed by atoms with Crippen molar-refractivity contribution in [1.29, 1.82) is 0 Å². The van der Waals surface area contributed by atoms with Crippen LogP contribution in [0.3, 0.4) is 0 Å². The van der Waals surface area contributed by atoms with Crippen molar-refractivity contribution in [3.8, 4) is 0 Å². The van der Waals surface area contributed by atoms with E-state index in [0.29, 0.717) is 0 Å². The van der Waals surface area contributed by atoms with Crippen molar-refractivity contribution < 1.29 is 30.7 Å². The van der Waals surface area contributed by atoms with Gasteiger partial charge >= 0.3 is 0 Å². The van der Waals surface area contributed by atoms with Gasteiger partial charge in [-0.1, -0.05) is 35.4 Å². The maximum Gasteiger partial charge on any atom is 0.294 e. The van der Waals surface area contributed by atoms with E-state index in [1.165, 1.54) is 30.0 Å². The Hall–Kier alpha value is -2.96. The summed E-state index contributed by atoms with van der Waals surface area (Å²) in [5.74, 6) is 0. The average Bonchev–Trinajstić information content (AvgIpc) is 2.82. The molecule has 4 N–H and O–H groups in total. The Morgan fingerprint density at radius 1 is 0.784 bits per heavy atom. The molecular weight excluding hydrogens is 516 g/mol. The van der Waals surface area contributed by atoms with Gasteiger partial charge in [0.15, 0.2) is 0 Å². The van der Waals surface area contributed by atoms with E-state index in [9.17, 15) is 16.8 Å². The third kappa shape index (κ3) is 11.8. The van der Waals surface area contributed by atoms with Gasteiger partial charge in [0, 0.05) is 31.6 Å². The topological polar surface area (TPSA) is 147 Å². The first kappa shape index (κ1) is 32.1. The van der Waals surface area contributed by atoms with Gasteiger partial charge in [0.25, 0.3) is 20.2 Å². The van der Waals surface area contributed by atoms with Crippen LogP contribution >= 0.6 is 0 Å². The lowest BCUT2D eigenvalue weighted by Crippen LogP contribution is -2.26. The van der Waals surface area contributed by atoms with Crippen molar-refractivity contribution in [3.05, 3.63) is 83.4 Å². The zero-order valence-corrected chi connectivity index (χ0v) is 23.4. The first-order valence-electron chi connectivity index (χ1n) is 11.4. The van der Waals surface area contributed by atoms with Crippen LogP contribution in [0, 0.1) is 20.8 Å². The normalized spacial score (nSPS) is 11.0. The second-order valence-corrected chi connectivity index (χ2v) is 11.0. The van der Waals surface area contributed by atoms with Crippen molar-refractivity contribution in [1.82, 2.24) is 0 Å². The second-order valence-electron chi connectivity index (χ2n) is 8.19. The van der Waals surface area contributed by atoms with E-state index in [4.69, 9.17) is 19.6 Å². The predicted octanol–water partition coefficient (Wildman–Crippen LogP) is 4.53. The van der Waals surface area contributed by atoms with Gasteiger partial charge in [-0.3, -0.25) is 9.11 Å². The van der Waals surface area contributed by atoms with E-state index >= 15 is 0 Å². The molecule has 0 aliphatic rings. The molecule has 0 fully saturated rings. The lowest BCUT2D eigenvalue weighted by Gasteiger charge is -2.23. The second kappa shape index (κ2) is 14.7. The summed E-state index contributed by atoms with van der Waals surface area (Å²) in [6.45, 7) is 10.5. The minimum absolute atomic E-state index is 0.0666. The molecule has 0 atom stereocenters. The standard InChI is InChI=1S/C12H20N2O.2C7H8O3S/c1-4-14(7-8-15-3)11-5-6-12(13)10(2)9-11;2*1-6-2-4-7(5-3-6)11(8,9)10/h5-6,9H,4,7-8,13H2,1-3H3;2*2-5H,1H3,(H,8,9,10). The highest BCUT2D eigenvalue weighted by Crippen LogP contribution is 2.20. The Balaban J connectivity index is 0.000000283. The van der Waals surface area contributed by atoms with Gasteiger partial charge in [-0.05, 0) is 75.7 Å². The molecule has 0 heterocycles. The molecule has 0 amide bonds. The van der Waals surface area contributed by atoms with Gasteiger partial charge < -0.3 is 15.4 Å². The molecule has 0 radical (unpaired) electrons. The number of hydrogen-bond donors (Lipinski definition) is 3. The lowest BCUT2D eigenvalue weighted by atomic mass is 10.1. The SMILES string of the molecule is CCN(CCOC)c1ccc(N)c(C)c1.Cc1ccc(S(=O)(=O)O)cc1.Cc1ccc(S(=O)(=O)O)cc1. The average molecular weight is 553 g/mol. The Kier molecular flexibility index (Phi) is 12.7. The van der Waals surface area contributed by atoms with Crippen LogP contribution in [0.2, 0.25) is 0 Å². The zero-order chi connectivity index (χ0) is 28.2. The Morgan fingerprint density at radius 2 is 1.22 bits per heavy atom. The molecule has 204 valence electrons. The Bertz CT molecular complexity index is 1250. The highest BCUT2D eigenvalue weighted by Gasteiger charge is 2.08. The number of likely N-dealkylation sites (N-methyl/N-ethyl adjacent to an activating group) is 1. The first-order chi connectivity index (χ1) is 17.2. The number of methoxy groups -OCH3 is 1. The van der Waals surface area contributed by atoms with E-state index in [1.807, 2.05) is 26.8 Å². The van der Waals surface area contributed by atoms with Crippen molar-refractivity contribution >= 4 is 31.6 Å². The first-order valence-corrected chi connectivity index (χ1v) is 14.2. The summed E-state index contributed by atoms with van der Waals surface area (Å²) in [6, 6.07) is 18.1. The van der Waals surface area contributed by atoms with Gasteiger partial charge in [-0.15, -0.1) is 0 Å². The molecule has 0 unspecified atom stereocenters. The Morgan fingerprint density at radius 3 is 1.54 bits per heavy atom. The molecule has 0 bridgehead atoms. The van der Waals surface area contributed by atoms with Crippen molar-refractivity contribution in [2.24, 2.45) is 0 Å². The van der Waals surface area contributed by atoms with E-state index in [0.717, 1.165) is 42.1 Å². The number of anilines is 2. The summed E-state index contributed by atoms with van der Waals surface area (Å²) in [6.07, 6.45) is 0. The van der Waals surface area contributed by atoms with Crippen LogP contribution in [0.25, 0.3) is 0 Å². The highest BCUT2D eigenvalue weighted by molar-refractivity contribution is 7.86. The van der Waals surface area contributed by atoms with Crippen LogP contribution in [-0.4, -0.2) is 52.7 Å². The molecule has 37 heavy (non-hydrogen) atoms. The number of hydrogen-bond acceptors (Lipinski definition) is 7. The smallest absolute Gasteiger partial charge is 0.294 e. The molecule has 0 aromatic heterocycles. The van der Waals surface area contributed by atoms with Crippen LogP contribution in [0.1, 0.15) is 23.6 Å². The van der Waals surface area contributed by atoms with Gasteiger partial charge in [0.1, 0.15) is 0 Å². The Labute approximate surface area is 220 Å². The van der Waals surface area contributed by atoms with E-state index in [2.05, 4.69) is 24.0 Å². The zero-order valence-electron chi connectivity index (χ0n) is 21.7. The quantitative estimate of drug-likeness (QED) is 0.284. The summed E-state index contributed by atoms with van der Waals surface area (Å²) < 4.78 is 64.2. The lowest BCUT2D eigenvalue weighted by molar-refractivity contribution is 0.205. The number of nitrogens with two attached hydrogens (primary N) is 1. The molecule has 0 aliphatic carbocycles. The molecule has 3 aromatic rings. The molecule has 3 rings (SSSR count). The van der Waals surface area contributed by atoms with Crippen LogP contribution < -0.4 is 10.6 Å². The number of rotatable bonds is 7. The summed E-state index contributed by atoms with van der Waals surface area (Å²) in [4.78, 5) is 2.14. The molecule has 3 aromatic carbocycles. The van der Waals surface area contributed by atoms with Gasteiger partial charge in [0.2, 0.25) is 0 Å². The van der Waals surface area contributed by atoms with Crippen LogP contribution in [0.15, 0.2) is 76.5 Å². The summed E-state index contributed by atoms with van der Waals surface area (Å²) in [5, 5.41) is 0. The summed E-state index contributed by atoms with van der Waals surface area (Å²) >= 11 is 0. The molecule has 0 aliphatic heterocycles. The molecule has 0 saturated carbocycles. The molecule has 11 heteroatoms. The van der Waals surface area contributed by atoms with Gasteiger partial charge in [0.05, 0.1) is 16.4 Å². The fourth-order valence-corrected chi connectivity index (χ4v) is 3.91. The molecule has 0 spiro atoms. The van der Waals surface area contributed by atoms with E-state index in [1.54, 1.807) is 31.4 Å². The van der Waals surface area contributed by atoms with Crippen molar-refractivity contribution in [2.75, 3.05) is 37.4 Å². The van der Waals surface area contributed by atoms with Crippen molar-refractivity contribution in [3.63, 3.8) is 0 Å². The van der Waals surface area contributed by atoms with Gasteiger partial charge in [-0.25, -0.2) is 0 Å². The summed E-state index contributed by atoms with van der Waals surface area (Å²) in [7, 11) is -6.31. The monoisotopic (exact) mass is 552 g/mol. The fourth-order valence-electron chi connectivity index (χ4n) is 2.95. The highest BCUT2D eigenvalue weighted by atomic mass is 32.2. The number of nitrogens with zero attached hydrogens (tertiary/aromatic N) is 1. The van der Waals surface area contributed by atoms with Gasteiger partial charge in [-0.2, -0.15) is 16.8 Å². The number of benzene rings is 3. The number of aryl methyl sites for hydroxylation is 3. The number of nitrogen functional groups attached to an aromatic ring is 1. The van der Waals surface area contributed by atoms with E-state index < -0.39 is 20.2 Å².